The second-order valence-corrected chi connectivity index (χ2v) is 9.08. The van der Waals surface area contributed by atoms with E-state index in [0.29, 0.717) is 22.7 Å². The van der Waals surface area contributed by atoms with E-state index in [9.17, 15) is 9.59 Å². The molecule has 3 aromatic rings. The third-order valence-electron chi connectivity index (χ3n) is 5.52. The van der Waals surface area contributed by atoms with E-state index in [-0.39, 0.29) is 11.2 Å². The molecular weight excluding hydrogens is 398 g/mol. The highest BCUT2D eigenvalue weighted by molar-refractivity contribution is 6.30. The summed E-state index contributed by atoms with van der Waals surface area (Å²) >= 11 is 5.98. The molecule has 1 heterocycles. The van der Waals surface area contributed by atoms with Gasteiger partial charge < -0.3 is 15.6 Å². The molecule has 0 saturated heterocycles. The maximum absolute atomic E-state index is 12.7. The van der Waals surface area contributed by atoms with Gasteiger partial charge in [0.05, 0.1) is 11.3 Å². The van der Waals surface area contributed by atoms with Crippen molar-refractivity contribution < 1.29 is 9.59 Å². The van der Waals surface area contributed by atoms with Crippen molar-refractivity contribution in [3.05, 3.63) is 76.1 Å². The van der Waals surface area contributed by atoms with Crippen LogP contribution in [0.5, 0.6) is 0 Å². The molecule has 0 radical (unpaired) electrons. The largest absolute Gasteiger partial charge is 0.366 e. The highest BCUT2D eigenvalue weighted by atomic mass is 35.5. The number of halogens is 1. The minimum atomic E-state index is -0.513. The number of aryl methyl sites for hydroxylation is 1. The number of aromatic nitrogens is 1. The van der Waals surface area contributed by atoms with Crippen molar-refractivity contribution in [3.63, 3.8) is 0 Å². The van der Waals surface area contributed by atoms with Gasteiger partial charge in [0.25, 0.3) is 5.91 Å². The normalized spacial score (nSPS) is 15.0. The number of rotatable bonds is 4. The van der Waals surface area contributed by atoms with Gasteiger partial charge in [0.15, 0.2) is 5.78 Å². The van der Waals surface area contributed by atoms with Crippen molar-refractivity contribution in [2.75, 3.05) is 5.32 Å². The maximum Gasteiger partial charge on any atom is 0.250 e. The van der Waals surface area contributed by atoms with Crippen molar-refractivity contribution >= 4 is 34.7 Å². The van der Waals surface area contributed by atoms with Crippen molar-refractivity contribution in [2.45, 2.75) is 33.6 Å². The Morgan fingerprint density at radius 3 is 2.47 bits per heavy atom. The fraction of sp³-hybridized carbons (Fsp3) is 0.250. The van der Waals surface area contributed by atoms with Gasteiger partial charge in [-0.25, -0.2) is 0 Å². The first-order valence-corrected chi connectivity index (χ1v) is 10.2. The predicted octanol–water partition coefficient (Wildman–Crippen LogP) is 5.44. The summed E-state index contributed by atoms with van der Waals surface area (Å²) in [5, 5.41) is 3.90. The lowest BCUT2D eigenvalue weighted by Gasteiger charge is -2.30. The number of carbonyl (C=O) groups excluding carboxylic acids is 2. The molecule has 0 atom stereocenters. The molecule has 2 aromatic carbocycles. The molecule has 1 aromatic heterocycles. The topological polar surface area (TPSA) is 77.1 Å². The first-order valence-electron chi connectivity index (χ1n) is 9.86. The number of nitrogens with two attached hydrogens (primary N) is 1. The molecule has 4 rings (SSSR count). The number of hydrogen-bond acceptors (Lipinski definition) is 3. The summed E-state index contributed by atoms with van der Waals surface area (Å²) in [5.41, 5.74) is 11.0. The summed E-state index contributed by atoms with van der Waals surface area (Å²) in [6, 6.07) is 14.7. The molecule has 0 fully saturated rings. The van der Waals surface area contributed by atoms with Gasteiger partial charge in [0.2, 0.25) is 0 Å². The number of nitrogens with one attached hydrogen (secondary N) is 1. The first-order chi connectivity index (χ1) is 14.1. The van der Waals surface area contributed by atoms with Crippen LogP contribution in [0.1, 0.15) is 52.4 Å². The van der Waals surface area contributed by atoms with Gasteiger partial charge in [-0.3, -0.25) is 9.59 Å². The number of fused-ring (bicyclic) bond motifs is 1. The lowest BCUT2D eigenvalue weighted by Crippen LogP contribution is -2.27. The zero-order valence-corrected chi connectivity index (χ0v) is 18.0. The van der Waals surface area contributed by atoms with Gasteiger partial charge in [0, 0.05) is 39.8 Å². The van der Waals surface area contributed by atoms with Gasteiger partial charge in [-0.2, -0.15) is 0 Å². The van der Waals surface area contributed by atoms with Crippen LogP contribution in [0, 0.1) is 12.3 Å². The number of benzene rings is 2. The van der Waals surface area contributed by atoms with E-state index in [0.717, 1.165) is 34.7 Å². The van der Waals surface area contributed by atoms with E-state index in [4.69, 9.17) is 17.3 Å². The molecule has 0 saturated carbocycles. The summed E-state index contributed by atoms with van der Waals surface area (Å²) in [7, 11) is 0. The van der Waals surface area contributed by atoms with Crippen LogP contribution in [-0.2, 0) is 6.42 Å². The van der Waals surface area contributed by atoms with Gasteiger partial charge in [0.1, 0.15) is 0 Å². The van der Waals surface area contributed by atoms with E-state index < -0.39 is 5.91 Å². The second-order valence-electron chi connectivity index (χ2n) is 8.65. The first kappa shape index (κ1) is 20.2. The standard InChI is InChI=1S/C24H24ClN3O2/c1-14-10-19-21(12-24(2,3)13-22(19)29)28(14)17-8-9-18(23(26)30)20(11-17)27-16-6-4-15(25)5-7-16/h4-11,27H,12-13H2,1-3H3,(H2,26,30). The average molecular weight is 422 g/mol. The molecule has 0 bridgehead atoms. The number of Topliss-reactive ketones (excluding diaryl/α,β-unsaturated/α-hetero) is 1. The number of carbonyl (C=O) groups is 2. The Morgan fingerprint density at radius 1 is 1.10 bits per heavy atom. The van der Waals surface area contributed by atoms with Crippen molar-refractivity contribution in [1.82, 2.24) is 4.57 Å². The van der Waals surface area contributed by atoms with E-state index in [1.165, 1.54) is 0 Å². The molecule has 154 valence electrons. The SMILES string of the molecule is Cc1cc2c(n1-c1ccc(C(N)=O)c(Nc3ccc(Cl)cc3)c1)CC(C)(C)CC2=O. The van der Waals surface area contributed by atoms with Crippen LogP contribution in [0.25, 0.3) is 5.69 Å². The molecule has 5 nitrogen and oxygen atoms in total. The molecule has 6 heteroatoms. The second kappa shape index (κ2) is 7.33. The summed E-state index contributed by atoms with van der Waals surface area (Å²) < 4.78 is 2.10. The molecule has 0 unspecified atom stereocenters. The zero-order valence-electron chi connectivity index (χ0n) is 17.3. The quantitative estimate of drug-likeness (QED) is 0.589. The van der Waals surface area contributed by atoms with Crippen LogP contribution in [0.15, 0.2) is 48.5 Å². The van der Waals surface area contributed by atoms with E-state index in [1.54, 1.807) is 18.2 Å². The Bertz CT molecular complexity index is 1160. The highest BCUT2D eigenvalue weighted by Crippen LogP contribution is 2.38. The summed E-state index contributed by atoms with van der Waals surface area (Å²) in [6.45, 7) is 6.22. The smallest absolute Gasteiger partial charge is 0.250 e. The van der Waals surface area contributed by atoms with Crippen molar-refractivity contribution in [1.29, 1.82) is 0 Å². The van der Waals surface area contributed by atoms with Crippen molar-refractivity contribution in [3.8, 4) is 5.69 Å². The molecule has 3 N–H and O–H groups in total. The number of hydrogen-bond donors (Lipinski definition) is 2. The average Bonchev–Trinajstić information content (AvgIpc) is 2.98. The van der Waals surface area contributed by atoms with Crippen LogP contribution in [0.4, 0.5) is 11.4 Å². The molecule has 1 amide bonds. The minimum Gasteiger partial charge on any atom is -0.366 e. The molecule has 0 spiro atoms. The molecule has 1 aliphatic rings. The van der Waals surface area contributed by atoms with Gasteiger partial charge in [-0.05, 0) is 67.3 Å². The Balaban J connectivity index is 1.82. The van der Waals surface area contributed by atoms with Gasteiger partial charge in [-0.1, -0.05) is 25.4 Å². The lowest BCUT2D eigenvalue weighted by molar-refractivity contribution is 0.0910. The van der Waals surface area contributed by atoms with Crippen LogP contribution in [0.3, 0.4) is 0 Å². The Hall–Kier alpha value is -3.05. The summed E-state index contributed by atoms with van der Waals surface area (Å²) in [5.74, 6) is -0.336. The molecule has 1 aliphatic carbocycles. The van der Waals surface area contributed by atoms with E-state index in [1.807, 2.05) is 37.3 Å². The highest BCUT2D eigenvalue weighted by Gasteiger charge is 2.34. The van der Waals surface area contributed by atoms with Gasteiger partial charge >= 0.3 is 0 Å². The van der Waals surface area contributed by atoms with E-state index >= 15 is 0 Å². The Labute approximate surface area is 180 Å². The number of ketones is 1. The molecular formula is C24H24ClN3O2. The number of primary amides is 1. The van der Waals surface area contributed by atoms with Crippen LogP contribution in [0.2, 0.25) is 5.02 Å². The predicted molar refractivity (Wildman–Crippen MR) is 120 cm³/mol. The maximum atomic E-state index is 12.7. The fourth-order valence-corrected chi connectivity index (χ4v) is 4.32. The number of amides is 1. The number of anilines is 2. The zero-order chi connectivity index (χ0) is 21.6. The molecule has 30 heavy (non-hydrogen) atoms. The number of nitrogens with zero attached hydrogens (tertiary/aromatic N) is 1. The summed E-state index contributed by atoms with van der Waals surface area (Å²) in [6.07, 6.45) is 1.35. The minimum absolute atomic E-state index is 0.0931. The summed E-state index contributed by atoms with van der Waals surface area (Å²) in [4.78, 5) is 24.7. The third-order valence-corrected chi connectivity index (χ3v) is 5.77. The Kier molecular flexibility index (Phi) is 4.94. The monoisotopic (exact) mass is 421 g/mol. The van der Waals surface area contributed by atoms with Crippen LogP contribution in [-0.4, -0.2) is 16.3 Å². The fourth-order valence-electron chi connectivity index (χ4n) is 4.19. The Morgan fingerprint density at radius 2 is 1.80 bits per heavy atom. The van der Waals surface area contributed by atoms with Crippen LogP contribution >= 0.6 is 11.6 Å². The van der Waals surface area contributed by atoms with Crippen LogP contribution < -0.4 is 11.1 Å². The van der Waals surface area contributed by atoms with Crippen molar-refractivity contribution in [2.24, 2.45) is 11.1 Å². The lowest BCUT2D eigenvalue weighted by atomic mass is 9.76. The van der Waals surface area contributed by atoms with Gasteiger partial charge in [-0.15, -0.1) is 0 Å². The third kappa shape index (κ3) is 3.73. The van der Waals surface area contributed by atoms with E-state index in [2.05, 4.69) is 23.7 Å². The molecule has 0 aliphatic heterocycles.